The van der Waals surface area contributed by atoms with Crippen molar-refractivity contribution >= 4 is 21.7 Å². The highest BCUT2D eigenvalue weighted by atomic mass is 32.2. The Hall–Kier alpha value is -3.94. The van der Waals surface area contributed by atoms with Gasteiger partial charge in [-0.2, -0.15) is 22.0 Å². The minimum atomic E-state index is -4.82. The van der Waals surface area contributed by atoms with Crippen LogP contribution in [0.2, 0.25) is 0 Å². The van der Waals surface area contributed by atoms with Crippen molar-refractivity contribution in [2.24, 2.45) is 11.8 Å². The third-order valence-electron chi connectivity index (χ3n) is 6.67. The predicted molar refractivity (Wildman–Crippen MR) is 128 cm³/mol. The molecule has 3 aromatic rings. The van der Waals surface area contributed by atoms with Crippen LogP contribution in [0.5, 0.6) is 11.5 Å². The van der Waals surface area contributed by atoms with Crippen LogP contribution >= 0.6 is 0 Å². The second kappa shape index (κ2) is 9.91. The third-order valence-corrected chi connectivity index (χ3v) is 8.44. The van der Waals surface area contributed by atoms with E-state index in [1.54, 1.807) is 0 Å². The fourth-order valence-corrected chi connectivity index (χ4v) is 6.20. The zero-order valence-corrected chi connectivity index (χ0v) is 20.9. The van der Waals surface area contributed by atoms with Gasteiger partial charge in [-0.1, -0.05) is 12.1 Å². The first-order valence-electron chi connectivity index (χ1n) is 11.7. The SMILES string of the molecule is O=C(O)[C@@H]1C[C@H]1[C@H]1CN(S(=O)(=O)c2cccc(C(F)(F)F)c2)c2cc(-c3cc(F)cc(OC(F)F)c3)ccc2O1. The molecule has 0 bridgehead atoms. The fraction of sp³-hybridized carbons (Fsp3) is 0.269. The van der Waals surface area contributed by atoms with Crippen molar-refractivity contribution in [2.75, 3.05) is 10.8 Å². The van der Waals surface area contributed by atoms with Gasteiger partial charge in [0.05, 0.1) is 28.6 Å². The normalized spacial score (nSPS) is 20.6. The second-order valence-corrected chi connectivity index (χ2v) is 11.2. The predicted octanol–water partition coefficient (Wildman–Crippen LogP) is 5.79. The number of anilines is 1. The molecular formula is C26H19F6NO6S. The van der Waals surface area contributed by atoms with Crippen LogP contribution in [-0.2, 0) is 21.0 Å². The highest BCUT2D eigenvalue weighted by Crippen LogP contribution is 2.48. The Labute approximate surface area is 223 Å². The Balaban J connectivity index is 1.60. The fourth-order valence-electron chi connectivity index (χ4n) is 4.67. The minimum Gasteiger partial charge on any atom is -0.486 e. The maximum Gasteiger partial charge on any atom is 0.416 e. The Morgan fingerprint density at radius 1 is 1.05 bits per heavy atom. The Morgan fingerprint density at radius 2 is 1.80 bits per heavy atom. The summed E-state index contributed by atoms with van der Waals surface area (Å²) in [6, 6.07) is 10.00. The van der Waals surface area contributed by atoms with Gasteiger partial charge in [0.2, 0.25) is 0 Å². The lowest BCUT2D eigenvalue weighted by Crippen LogP contribution is -2.45. The summed E-state index contributed by atoms with van der Waals surface area (Å²) >= 11 is 0. The van der Waals surface area contributed by atoms with E-state index in [2.05, 4.69) is 4.74 Å². The summed E-state index contributed by atoms with van der Waals surface area (Å²) < 4.78 is 118. The molecular weight excluding hydrogens is 568 g/mol. The van der Waals surface area contributed by atoms with Crippen LogP contribution < -0.4 is 13.8 Å². The minimum absolute atomic E-state index is 0.00736. The van der Waals surface area contributed by atoms with Crippen LogP contribution in [0.4, 0.5) is 32.0 Å². The van der Waals surface area contributed by atoms with Gasteiger partial charge in [-0.05, 0) is 60.0 Å². The lowest BCUT2D eigenvalue weighted by molar-refractivity contribution is -0.139. The zero-order valence-electron chi connectivity index (χ0n) is 20.1. The highest BCUT2D eigenvalue weighted by molar-refractivity contribution is 7.92. The van der Waals surface area contributed by atoms with Gasteiger partial charge in [0.15, 0.2) is 0 Å². The number of carboxylic acids is 1. The summed E-state index contributed by atoms with van der Waals surface area (Å²) in [6.45, 7) is -3.64. The molecule has 5 rings (SSSR count). The smallest absolute Gasteiger partial charge is 0.416 e. The van der Waals surface area contributed by atoms with Crippen LogP contribution in [-0.4, -0.2) is 38.8 Å². The van der Waals surface area contributed by atoms with Gasteiger partial charge >= 0.3 is 18.8 Å². The molecule has 2 aliphatic rings. The molecule has 0 aromatic heterocycles. The lowest BCUT2D eigenvalue weighted by atomic mass is 10.0. The number of aliphatic carboxylic acids is 1. The second-order valence-electron chi connectivity index (χ2n) is 9.30. The number of ether oxygens (including phenoxy) is 2. The van der Waals surface area contributed by atoms with Gasteiger partial charge in [-0.3, -0.25) is 9.10 Å². The van der Waals surface area contributed by atoms with Crippen LogP contribution in [0.15, 0.2) is 65.6 Å². The van der Waals surface area contributed by atoms with E-state index in [1.807, 2.05) is 0 Å². The molecule has 1 fully saturated rings. The number of hydrogen-bond donors (Lipinski definition) is 1. The molecule has 0 saturated heterocycles. The van der Waals surface area contributed by atoms with Gasteiger partial charge in [0, 0.05) is 12.0 Å². The Bertz CT molecular complexity index is 1580. The van der Waals surface area contributed by atoms with E-state index in [0.29, 0.717) is 6.07 Å². The first kappa shape index (κ1) is 27.6. The van der Waals surface area contributed by atoms with E-state index in [1.165, 1.54) is 18.2 Å². The van der Waals surface area contributed by atoms with E-state index in [0.717, 1.165) is 40.7 Å². The number of halogens is 6. The standard InChI is InChI=1S/C26H19F6NO6S/c27-16-6-14(7-17(10-16)38-25(28)29)13-4-5-22-21(8-13)33(12-23(39-22)19-11-20(19)24(34)35)40(36,37)18-3-1-2-15(9-18)26(30,31)32/h1-10,19-20,23,25H,11-12H2,(H,34,35)/t19-,20-,23-/m1/s1. The summed E-state index contributed by atoms with van der Waals surface area (Å²) in [4.78, 5) is 10.8. The number of benzene rings is 3. The average molecular weight is 587 g/mol. The number of hydrogen-bond acceptors (Lipinski definition) is 5. The number of carboxylic acid groups (broad SMARTS) is 1. The van der Waals surface area contributed by atoms with E-state index in [4.69, 9.17) is 4.74 Å². The molecule has 0 unspecified atom stereocenters. The number of sulfonamides is 1. The van der Waals surface area contributed by atoms with Crippen molar-refractivity contribution in [2.45, 2.75) is 30.2 Å². The molecule has 1 aliphatic heterocycles. The monoisotopic (exact) mass is 587 g/mol. The number of carbonyl (C=O) groups is 1. The number of fused-ring (bicyclic) bond motifs is 1. The van der Waals surface area contributed by atoms with Crippen molar-refractivity contribution in [3.05, 3.63) is 72.0 Å². The zero-order chi connectivity index (χ0) is 29.0. The van der Waals surface area contributed by atoms with Crippen molar-refractivity contribution in [3.63, 3.8) is 0 Å². The molecule has 0 radical (unpaired) electrons. The molecule has 3 aromatic carbocycles. The number of nitrogens with zero attached hydrogens (tertiary/aromatic N) is 1. The maximum absolute atomic E-state index is 14.2. The summed E-state index contributed by atoms with van der Waals surface area (Å²) in [6.07, 6.45) is -5.51. The maximum atomic E-state index is 14.2. The van der Waals surface area contributed by atoms with Gasteiger partial charge < -0.3 is 14.6 Å². The van der Waals surface area contributed by atoms with Crippen molar-refractivity contribution < 1.29 is 54.1 Å². The van der Waals surface area contributed by atoms with Crippen molar-refractivity contribution in [1.82, 2.24) is 0 Å². The Morgan fingerprint density at radius 3 is 2.45 bits per heavy atom. The van der Waals surface area contributed by atoms with Gasteiger partial charge in [0.1, 0.15) is 23.4 Å². The quantitative estimate of drug-likeness (QED) is 0.352. The molecule has 1 N–H and O–H groups in total. The lowest BCUT2D eigenvalue weighted by Gasteiger charge is -2.36. The third kappa shape index (κ3) is 5.40. The van der Waals surface area contributed by atoms with E-state index in [-0.39, 0.29) is 29.0 Å². The first-order valence-corrected chi connectivity index (χ1v) is 13.2. The number of alkyl halides is 5. The molecule has 40 heavy (non-hydrogen) atoms. The molecule has 0 spiro atoms. The van der Waals surface area contributed by atoms with E-state index >= 15 is 0 Å². The molecule has 7 nitrogen and oxygen atoms in total. The molecule has 1 aliphatic carbocycles. The van der Waals surface area contributed by atoms with Crippen molar-refractivity contribution in [3.8, 4) is 22.6 Å². The largest absolute Gasteiger partial charge is 0.486 e. The number of rotatable bonds is 7. The van der Waals surface area contributed by atoms with Crippen LogP contribution in [0, 0.1) is 17.7 Å². The topological polar surface area (TPSA) is 93.1 Å². The molecule has 3 atom stereocenters. The summed E-state index contributed by atoms with van der Waals surface area (Å²) in [5.74, 6) is -3.81. The van der Waals surface area contributed by atoms with Gasteiger partial charge in [-0.25, -0.2) is 12.8 Å². The highest BCUT2D eigenvalue weighted by Gasteiger charge is 2.52. The van der Waals surface area contributed by atoms with Crippen molar-refractivity contribution in [1.29, 1.82) is 0 Å². The average Bonchev–Trinajstić information content (AvgIpc) is 3.68. The molecule has 1 saturated carbocycles. The molecule has 212 valence electrons. The van der Waals surface area contributed by atoms with Crippen LogP contribution in [0.3, 0.4) is 0 Å². The van der Waals surface area contributed by atoms with E-state index < -0.39 is 75.3 Å². The Kier molecular flexibility index (Phi) is 6.84. The molecule has 14 heteroatoms. The summed E-state index contributed by atoms with van der Waals surface area (Å²) in [5.41, 5.74) is -1.09. The summed E-state index contributed by atoms with van der Waals surface area (Å²) in [5, 5.41) is 9.34. The van der Waals surface area contributed by atoms with Crippen LogP contribution in [0.25, 0.3) is 11.1 Å². The molecule has 1 heterocycles. The van der Waals surface area contributed by atoms with Crippen LogP contribution in [0.1, 0.15) is 12.0 Å². The first-order chi connectivity index (χ1) is 18.7. The van der Waals surface area contributed by atoms with Gasteiger partial charge in [0.25, 0.3) is 10.0 Å². The molecule has 0 amide bonds. The van der Waals surface area contributed by atoms with E-state index in [9.17, 15) is 44.7 Å². The van der Waals surface area contributed by atoms with Gasteiger partial charge in [-0.15, -0.1) is 0 Å². The summed E-state index contributed by atoms with van der Waals surface area (Å²) in [7, 11) is -4.66.